The molecule has 0 radical (unpaired) electrons. The normalized spacial score (nSPS) is 14.6. The topological polar surface area (TPSA) is 110 Å². The average Bonchev–Trinajstić information content (AvgIpc) is 3.05. The number of anilines is 1. The van der Waals surface area contributed by atoms with Crippen molar-refractivity contribution < 1.29 is 18.0 Å². The van der Waals surface area contributed by atoms with E-state index < -0.39 is 21.0 Å². The molecule has 0 fully saturated rings. The van der Waals surface area contributed by atoms with Gasteiger partial charge in [-0.05, 0) is 57.4 Å². The maximum Gasteiger partial charge on any atom is 0.251 e. The monoisotopic (exact) mass is 463 g/mol. The number of hydrogen-bond acceptors (Lipinski definition) is 6. The Balaban J connectivity index is 1.76. The molecule has 168 valence electrons. The van der Waals surface area contributed by atoms with Crippen molar-refractivity contribution in [3.05, 3.63) is 45.8 Å². The third kappa shape index (κ3) is 4.99. The van der Waals surface area contributed by atoms with Gasteiger partial charge in [0.05, 0.1) is 22.1 Å². The van der Waals surface area contributed by atoms with Crippen molar-refractivity contribution in [1.82, 2.24) is 4.90 Å². The first-order chi connectivity index (χ1) is 14.5. The zero-order valence-electron chi connectivity index (χ0n) is 18.3. The summed E-state index contributed by atoms with van der Waals surface area (Å²) in [4.78, 5) is 28.4. The largest absolute Gasteiger partial charge is 0.365 e. The number of amides is 2. The first-order valence-electron chi connectivity index (χ1n) is 10.3. The Hall–Kier alpha value is -2.23. The first kappa shape index (κ1) is 23.4. The molecule has 0 bridgehead atoms. The Bertz CT molecular complexity index is 1090. The van der Waals surface area contributed by atoms with Crippen LogP contribution in [-0.2, 0) is 34.0 Å². The van der Waals surface area contributed by atoms with Gasteiger partial charge >= 0.3 is 0 Å². The Morgan fingerprint density at radius 1 is 1.16 bits per heavy atom. The van der Waals surface area contributed by atoms with E-state index in [1.807, 2.05) is 0 Å². The minimum Gasteiger partial charge on any atom is -0.365 e. The van der Waals surface area contributed by atoms with Crippen LogP contribution >= 0.6 is 11.3 Å². The smallest absolute Gasteiger partial charge is 0.251 e. The van der Waals surface area contributed by atoms with E-state index in [2.05, 4.69) is 24.1 Å². The minimum atomic E-state index is -3.35. The van der Waals surface area contributed by atoms with Crippen LogP contribution in [0.2, 0.25) is 0 Å². The summed E-state index contributed by atoms with van der Waals surface area (Å²) in [5, 5.41) is 2.83. The van der Waals surface area contributed by atoms with E-state index >= 15 is 0 Å². The first-order valence-corrected chi connectivity index (χ1v) is 12.7. The zero-order chi connectivity index (χ0) is 22.9. The predicted molar refractivity (Wildman–Crippen MR) is 123 cm³/mol. The van der Waals surface area contributed by atoms with Crippen molar-refractivity contribution in [3.8, 4) is 0 Å². The van der Waals surface area contributed by atoms with Crippen molar-refractivity contribution in [2.24, 2.45) is 5.73 Å². The molecule has 1 aliphatic rings. The summed E-state index contributed by atoms with van der Waals surface area (Å²) in [5.41, 5.74) is 7.67. The van der Waals surface area contributed by atoms with E-state index in [1.165, 1.54) is 23.5 Å². The lowest BCUT2D eigenvalue weighted by Gasteiger charge is -2.30. The van der Waals surface area contributed by atoms with Crippen LogP contribution in [0, 0.1) is 0 Å². The van der Waals surface area contributed by atoms with Crippen molar-refractivity contribution >= 4 is 38.0 Å². The molecule has 2 aromatic rings. The molecule has 0 aliphatic carbocycles. The second-order valence-corrected chi connectivity index (χ2v) is 12.0. The summed E-state index contributed by atoms with van der Waals surface area (Å²) in [7, 11) is -3.35. The molecule has 0 atom stereocenters. The summed E-state index contributed by atoms with van der Waals surface area (Å²) in [5.74, 6) is -0.810. The van der Waals surface area contributed by atoms with Gasteiger partial charge in [0.1, 0.15) is 5.00 Å². The van der Waals surface area contributed by atoms with Gasteiger partial charge < -0.3 is 11.1 Å². The predicted octanol–water partition coefficient (Wildman–Crippen LogP) is 2.98. The number of fused-ring (bicyclic) bond motifs is 1. The summed E-state index contributed by atoms with van der Waals surface area (Å²) >= 11 is 1.41. The van der Waals surface area contributed by atoms with Gasteiger partial charge in [-0.1, -0.05) is 12.1 Å². The number of primary amides is 1. The molecule has 3 N–H and O–H groups in total. The number of nitrogens with one attached hydrogen (secondary N) is 1. The second-order valence-electron chi connectivity index (χ2n) is 8.35. The van der Waals surface area contributed by atoms with Crippen LogP contribution in [0.1, 0.15) is 54.1 Å². The van der Waals surface area contributed by atoms with E-state index in [0.717, 1.165) is 30.0 Å². The van der Waals surface area contributed by atoms with E-state index in [-0.39, 0.29) is 17.2 Å². The number of thiophene rings is 1. The molecule has 2 amide bonds. The van der Waals surface area contributed by atoms with Crippen molar-refractivity contribution in [2.45, 2.75) is 63.3 Å². The van der Waals surface area contributed by atoms with Crippen LogP contribution in [-0.4, -0.2) is 43.0 Å². The Morgan fingerprint density at radius 3 is 2.35 bits per heavy atom. The molecule has 31 heavy (non-hydrogen) atoms. The molecule has 9 heteroatoms. The Labute approximate surface area is 187 Å². The van der Waals surface area contributed by atoms with Gasteiger partial charge in [0, 0.05) is 24.0 Å². The molecule has 3 rings (SSSR count). The highest BCUT2D eigenvalue weighted by molar-refractivity contribution is 7.92. The third-order valence-electron chi connectivity index (χ3n) is 5.55. The third-order valence-corrected chi connectivity index (χ3v) is 8.86. The quantitative estimate of drug-likeness (QED) is 0.656. The summed E-state index contributed by atoms with van der Waals surface area (Å²) < 4.78 is 24.5. The minimum absolute atomic E-state index is 0.0703. The Morgan fingerprint density at radius 2 is 1.81 bits per heavy atom. The lowest BCUT2D eigenvalue weighted by atomic mass is 10.0. The fourth-order valence-corrected chi connectivity index (χ4v) is 5.99. The molecular formula is C22H29N3O4S2. The molecule has 1 aromatic heterocycles. The number of carbonyl (C=O) groups is 2. The van der Waals surface area contributed by atoms with E-state index in [9.17, 15) is 18.0 Å². The molecule has 0 spiro atoms. The number of hydrogen-bond donors (Lipinski definition) is 2. The molecule has 0 unspecified atom stereocenters. The molecule has 7 nitrogen and oxygen atoms in total. The van der Waals surface area contributed by atoms with Crippen LogP contribution in [0.4, 0.5) is 5.00 Å². The van der Waals surface area contributed by atoms with Gasteiger partial charge in [-0.2, -0.15) is 0 Å². The molecule has 1 aliphatic heterocycles. The SMILES string of the molecule is CC(C)N1CCc2c(sc(NC(=O)Cc3ccc(S(=O)(=O)C(C)C)cc3)c2C(N)=O)C1. The van der Waals surface area contributed by atoms with Crippen LogP contribution in [0.5, 0.6) is 0 Å². The number of rotatable bonds is 7. The maximum atomic E-state index is 12.6. The highest BCUT2D eigenvalue weighted by Crippen LogP contribution is 2.37. The van der Waals surface area contributed by atoms with Crippen molar-refractivity contribution in [3.63, 3.8) is 0 Å². The van der Waals surface area contributed by atoms with Gasteiger partial charge in [0.15, 0.2) is 9.84 Å². The zero-order valence-corrected chi connectivity index (χ0v) is 19.9. The second kappa shape index (κ2) is 9.10. The average molecular weight is 464 g/mol. The molecule has 1 aromatic carbocycles. The van der Waals surface area contributed by atoms with Crippen molar-refractivity contribution in [1.29, 1.82) is 0 Å². The fraction of sp³-hybridized carbons (Fsp3) is 0.455. The van der Waals surface area contributed by atoms with Crippen molar-refractivity contribution in [2.75, 3.05) is 11.9 Å². The number of sulfone groups is 1. The molecule has 0 saturated heterocycles. The highest BCUT2D eigenvalue weighted by atomic mass is 32.2. The van der Waals surface area contributed by atoms with Crippen LogP contribution in [0.25, 0.3) is 0 Å². The van der Waals surface area contributed by atoms with E-state index in [0.29, 0.717) is 22.2 Å². The van der Waals surface area contributed by atoms with Gasteiger partial charge in [-0.3, -0.25) is 14.5 Å². The number of carbonyl (C=O) groups excluding carboxylic acids is 2. The molecule has 2 heterocycles. The maximum absolute atomic E-state index is 12.6. The standard InChI is InChI=1S/C22H29N3O4S2/c1-13(2)25-10-9-17-18(12-25)30-22(20(17)21(23)27)24-19(26)11-15-5-7-16(8-6-15)31(28,29)14(3)4/h5-8,13-14H,9-12H2,1-4H3,(H2,23,27)(H,24,26). The number of nitrogens with two attached hydrogens (primary N) is 1. The summed E-state index contributed by atoms with van der Waals surface area (Å²) in [6, 6.07) is 6.73. The molecule has 0 saturated carbocycles. The summed E-state index contributed by atoms with van der Waals surface area (Å²) in [6.45, 7) is 9.12. The summed E-state index contributed by atoms with van der Waals surface area (Å²) in [6.07, 6.45) is 0.796. The lowest BCUT2D eigenvalue weighted by molar-refractivity contribution is -0.115. The van der Waals surface area contributed by atoms with Gasteiger partial charge in [-0.15, -0.1) is 11.3 Å². The van der Waals surface area contributed by atoms with Crippen LogP contribution in [0.3, 0.4) is 0 Å². The number of benzene rings is 1. The van der Waals surface area contributed by atoms with Crippen LogP contribution < -0.4 is 11.1 Å². The number of nitrogens with zero attached hydrogens (tertiary/aromatic N) is 1. The van der Waals surface area contributed by atoms with E-state index in [1.54, 1.807) is 26.0 Å². The molecular weight excluding hydrogens is 434 g/mol. The lowest BCUT2D eigenvalue weighted by Crippen LogP contribution is -2.35. The highest BCUT2D eigenvalue weighted by Gasteiger charge is 2.28. The van der Waals surface area contributed by atoms with Crippen LogP contribution in [0.15, 0.2) is 29.2 Å². The van der Waals surface area contributed by atoms with E-state index in [4.69, 9.17) is 5.73 Å². The van der Waals surface area contributed by atoms with Gasteiger partial charge in [-0.25, -0.2) is 8.42 Å². The Kier molecular flexibility index (Phi) is 6.88. The van der Waals surface area contributed by atoms with Gasteiger partial charge in [0.25, 0.3) is 5.91 Å². The van der Waals surface area contributed by atoms with Gasteiger partial charge in [0.2, 0.25) is 5.91 Å². The fourth-order valence-electron chi connectivity index (χ4n) is 3.64.